The van der Waals surface area contributed by atoms with Crippen LogP contribution < -0.4 is 0 Å². The summed E-state index contributed by atoms with van der Waals surface area (Å²) >= 11 is 0. The molecule has 0 bridgehead atoms. The van der Waals surface area contributed by atoms with Crippen molar-refractivity contribution in [1.29, 1.82) is 0 Å². The highest BCUT2D eigenvalue weighted by Gasteiger charge is 2.38. The number of nitrogens with zero attached hydrogens (tertiary/aromatic N) is 2. The smallest absolute Gasteiger partial charge is 0.0619 e. The zero-order chi connectivity index (χ0) is 33.8. The molecule has 0 saturated heterocycles. The van der Waals surface area contributed by atoms with Gasteiger partial charge in [-0.1, -0.05) is 141 Å². The molecule has 0 saturated carbocycles. The number of fused-ring (bicyclic) bond motifs is 11. The Hall–Kier alpha value is -6.38. The van der Waals surface area contributed by atoms with Crippen molar-refractivity contribution in [2.24, 2.45) is 0 Å². The monoisotopic (exact) mass is 650 g/mol. The van der Waals surface area contributed by atoms with Crippen molar-refractivity contribution in [3.63, 3.8) is 0 Å². The van der Waals surface area contributed by atoms with Crippen molar-refractivity contribution >= 4 is 54.4 Å². The molecular formula is C49H34N2. The second-order valence-electron chi connectivity index (χ2n) is 14.5. The molecule has 8 aromatic carbocycles. The molecule has 1 aliphatic rings. The Morgan fingerprint density at radius 1 is 0.412 bits per heavy atom. The summed E-state index contributed by atoms with van der Waals surface area (Å²) in [6.45, 7) is 4.79. The van der Waals surface area contributed by atoms with Gasteiger partial charge in [0.1, 0.15) is 0 Å². The summed E-state index contributed by atoms with van der Waals surface area (Å²) < 4.78 is 4.99. The van der Waals surface area contributed by atoms with Gasteiger partial charge in [-0.15, -0.1) is 0 Å². The number of para-hydroxylation sites is 2. The van der Waals surface area contributed by atoms with E-state index in [-0.39, 0.29) is 5.41 Å². The Morgan fingerprint density at radius 3 is 1.92 bits per heavy atom. The van der Waals surface area contributed by atoms with Crippen molar-refractivity contribution < 1.29 is 0 Å². The van der Waals surface area contributed by atoms with Crippen molar-refractivity contribution in [2.45, 2.75) is 19.3 Å². The summed E-state index contributed by atoms with van der Waals surface area (Å²) in [5.41, 5.74) is 15.0. The second-order valence-corrected chi connectivity index (χ2v) is 14.5. The highest BCUT2D eigenvalue weighted by Crippen LogP contribution is 2.53. The van der Waals surface area contributed by atoms with E-state index >= 15 is 0 Å². The molecule has 0 atom stereocenters. The van der Waals surface area contributed by atoms with Crippen LogP contribution in [0.5, 0.6) is 0 Å². The fourth-order valence-corrected chi connectivity index (χ4v) is 9.12. The van der Waals surface area contributed by atoms with Crippen molar-refractivity contribution in [3.05, 3.63) is 181 Å². The molecule has 2 heteroatoms. The molecule has 2 nitrogen and oxygen atoms in total. The quantitative estimate of drug-likeness (QED) is 0.180. The topological polar surface area (TPSA) is 9.86 Å². The fraction of sp³-hybridized carbons (Fsp3) is 0.0612. The molecule has 0 amide bonds. The van der Waals surface area contributed by atoms with Gasteiger partial charge in [-0.05, 0) is 75.7 Å². The predicted molar refractivity (Wildman–Crippen MR) is 216 cm³/mol. The van der Waals surface area contributed by atoms with Crippen molar-refractivity contribution in [3.8, 4) is 33.6 Å². The molecule has 2 heterocycles. The van der Waals surface area contributed by atoms with E-state index in [0.717, 1.165) is 0 Å². The van der Waals surface area contributed by atoms with E-state index in [1.807, 2.05) is 0 Å². The first kappa shape index (κ1) is 28.5. The summed E-state index contributed by atoms with van der Waals surface area (Å²) in [6.07, 6.45) is 0. The molecule has 1 aliphatic carbocycles. The minimum Gasteiger partial charge on any atom is -0.309 e. The molecule has 0 aliphatic heterocycles. The normalized spacial score (nSPS) is 13.5. The van der Waals surface area contributed by atoms with Crippen molar-refractivity contribution in [2.75, 3.05) is 0 Å². The van der Waals surface area contributed by atoms with Gasteiger partial charge in [-0.25, -0.2) is 0 Å². The average Bonchev–Trinajstić information content (AvgIpc) is 3.78. The van der Waals surface area contributed by atoms with E-state index in [1.165, 1.54) is 99.1 Å². The van der Waals surface area contributed by atoms with E-state index < -0.39 is 0 Å². The first-order chi connectivity index (χ1) is 25.1. The van der Waals surface area contributed by atoms with E-state index in [4.69, 9.17) is 0 Å². The van der Waals surface area contributed by atoms with Crippen LogP contribution in [0.3, 0.4) is 0 Å². The number of rotatable bonds is 3. The molecule has 51 heavy (non-hydrogen) atoms. The van der Waals surface area contributed by atoms with Gasteiger partial charge >= 0.3 is 0 Å². The van der Waals surface area contributed by atoms with Crippen molar-refractivity contribution in [1.82, 2.24) is 9.13 Å². The Bertz CT molecular complexity index is 3040. The highest BCUT2D eigenvalue weighted by atomic mass is 15.0. The summed E-state index contributed by atoms with van der Waals surface area (Å²) in [6, 6.07) is 62.8. The van der Waals surface area contributed by atoms with E-state index in [1.54, 1.807) is 0 Å². The predicted octanol–water partition coefficient (Wildman–Crippen LogP) is 13.0. The largest absolute Gasteiger partial charge is 0.309 e. The lowest BCUT2D eigenvalue weighted by molar-refractivity contribution is 0.659. The van der Waals surface area contributed by atoms with Crippen LogP contribution in [0.25, 0.3) is 88.0 Å². The molecule has 240 valence electrons. The van der Waals surface area contributed by atoms with Gasteiger partial charge in [0.25, 0.3) is 0 Å². The highest BCUT2D eigenvalue weighted by molar-refractivity contribution is 6.19. The summed E-state index contributed by atoms with van der Waals surface area (Å²) in [7, 11) is 0. The van der Waals surface area contributed by atoms with Gasteiger partial charge in [0.15, 0.2) is 0 Å². The molecule has 0 spiro atoms. The Labute approximate surface area is 296 Å². The average molecular weight is 651 g/mol. The minimum absolute atomic E-state index is 0.184. The van der Waals surface area contributed by atoms with Gasteiger partial charge < -0.3 is 9.13 Å². The van der Waals surface area contributed by atoms with Gasteiger partial charge in [0.2, 0.25) is 0 Å². The zero-order valence-corrected chi connectivity index (χ0v) is 28.6. The maximum absolute atomic E-state index is 2.53. The van der Waals surface area contributed by atoms with E-state index in [9.17, 15) is 0 Å². The third-order valence-electron chi connectivity index (χ3n) is 11.5. The second kappa shape index (κ2) is 10.3. The molecule has 0 fully saturated rings. The minimum atomic E-state index is -0.184. The van der Waals surface area contributed by atoms with Crippen LogP contribution in [-0.4, -0.2) is 9.13 Å². The third-order valence-corrected chi connectivity index (χ3v) is 11.5. The molecule has 2 aromatic heterocycles. The SMILES string of the molecule is CC1(C)c2cc(-n3c4ccccc4c4cc(-c5ccccc5)ccc43)ccc2-c2c(-n3c4ccccc4c4ccc5ccccc5c43)cccc21. The maximum Gasteiger partial charge on any atom is 0.0619 e. The molecule has 0 unspecified atom stereocenters. The molecule has 0 N–H and O–H groups in total. The lowest BCUT2D eigenvalue weighted by Gasteiger charge is -2.23. The molecule has 10 aromatic rings. The summed E-state index contributed by atoms with van der Waals surface area (Å²) in [5, 5.41) is 7.65. The Morgan fingerprint density at radius 2 is 1.10 bits per heavy atom. The summed E-state index contributed by atoms with van der Waals surface area (Å²) in [5.74, 6) is 0. The lowest BCUT2D eigenvalue weighted by atomic mass is 9.82. The molecule has 0 radical (unpaired) electrons. The summed E-state index contributed by atoms with van der Waals surface area (Å²) in [4.78, 5) is 0. The van der Waals surface area contributed by atoms with Crippen LogP contribution in [0.2, 0.25) is 0 Å². The molecule has 11 rings (SSSR count). The Balaban J connectivity index is 1.16. The third kappa shape index (κ3) is 3.88. The van der Waals surface area contributed by atoms with Crippen LogP contribution in [0, 0.1) is 0 Å². The number of hydrogen-bond donors (Lipinski definition) is 0. The van der Waals surface area contributed by atoms with Crippen LogP contribution in [-0.2, 0) is 5.41 Å². The zero-order valence-electron chi connectivity index (χ0n) is 28.6. The first-order valence-electron chi connectivity index (χ1n) is 17.9. The maximum atomic E-state index is 2.53. The molecular weight excluding hydrogens is 617 g/mol. The van der Waals surface area contributed by atoms with E-state index in [0.29, 0.717) is 0 Å². The van der Waals surface area contributed by atoms with Gasteiger partial charge in [0, 0.05) is 43.6 Å². The standard InChI is InChI=1S/C49H34N2/c1-49(2)41-19-12-22-46(51-44-21-11-8-17-36(44)38-26-23-32-15-6-7-16-35(32)48(38)51)47(41)39-27-25-34(30-42(39)49)50-43-20-10-9-18-37(43)40-29-33(24-28-45(40)50)31-13-4-3-5-14-31/h3-30H,1-2H3. The first-order valence-corrected chi connectivity index (χ1v) is 17.9. The fourth-order valence-electron chi connectivity index (χ4n) is 9.12. The van der Waals surface area contributed by atoms with Crippen LogP contribution in [0.15, 0.2) is 170 Å². The lowest BCUT2D eigenvalue weighted by Crippen LogP contribution is -2.15. The number of benzene rings is 8. The van der Waals surface area contributed by atoms with Crippen LogP contribution in [0.1, 0.15) is 25.0 Å². The Kier molecular flexibility index (Phi) is 5.76. The number of hydrogen-bond acceptors (Lipinski definition) is 0. The van der Waals surface area contributed by atoms with E-state index in [2.05, 4.69) is 193 Å². The van der Waals surface area contributed by atoms with Gasteiger partial charge in [-0.3, -0.25) is 0 Å². The van der Waals surface area contributed by atoms with Crippen LogP contribution in [0.4, 0.5) is 0 Å². The van der Waals surface area contributed by atoms with Gasteiger partial charge in [-0.2, -0.15) is 0 Å². The van der Waals surface area contributed by atoms with Crippen LogP contribution >= 0.6 is 0 Å². The van der Waals surface area contributed by atoms with Gasteiger partial charge in [0.05, 0.1) is 27.8 Å². The number of aromatic nitrogens is 2.